The molecule has 1 aliphatic rings. The Bertz CT molecular complexity index is 404. The zero-order valence-electron chi connectivity index (χ0n) is 11.6. The van der Waals surface area contributed by atoms with Crippen molar-refractivity contribution in [1.82, 2.24) is 9.97 Å². The predicted molar refractivity (Wildman–Crippen MR) is 76.0 cm³/mol. The van der Waals surface area contributed by atoms with Gasteiger partial charge in [0.1, 0.15) is 17.5 Å². The molecule has 1 aromatic heterocycles. The van der Waals surface area contributed by atoms with Crippen LogP contribution < -0.4 is 16.6 Å². The van der Waals surface area contributed by atoms with Crippen LogP contribution in [0.5, 0.6) is 0 Å². The molecule has 19 heavy (non-hydrogen) atoms. The van der Waals surface area contributed by atoms with Crippen LogP contribution in [0.25, 0.3) is 0 Å². The third kappa shape index (κ3) is 4.04. The molecule has 6 nitrogen and oxygen atoms in total. The smallest absolute Gasteiger partial charge is 0.145 e. The van der Waals surface area contributed by atoms with Crippen LogP contribution in [-0.2, 0) is 4.74 Å². The first-order valence-corrected chi connectivity index (χ1v) is 6.90. The van der Waals surface area contributed by atoms with Gasteiger partial charge in [-0.1, -0.05) is 13.8 Å². The van der Waals surface area contributed by atoms with Crippen molar-refractivity contribution >= 4 is 11.6 Å². The Morgan fingerprint density at radius 3 is 2.79 bits per heavy atom. The van der Waals surface area contributed by atoms with Gasteiger partial charge in [0.15, 0.2) is 0 Å². The maximum Gasteiger partial charge on any atom is 0.145 e. The summed E-state index contributed by atoms with van der Waals surface area (Å²) in [6.07, 6.45) is 3.79. The Labute approximate surface area is 114 Å². The van der Waals surface area contributed by atoms with Gasteiger partial charge in [0.25, 0.3) is 0 Å². The van der Waals surface area contributed by atoms with Crippen LogP contribution in [0, 0.1) is 0 Å². The number of hydrazine groups is 1. The Hall–Kier alpha value is -1.40. The molecule has 1 fully saturated rings. The average molecular weight is 265 g/mol. The first-order chi connectivity index (χ1) is 9.19. The molecule has 106 valence electrons. The summed E-state index contributed by atoms with van der Waals surface area (Å²) in [6.45, 7) is 5.76. The minimum atomic E-state index is 0.264. The van der Waals surface area contributed by atoms with Crippen molar-refractivity contribution in [2.45, 2.75) is 45.1 Å². The van der Waals surface area contributed by atoms with Crippen molar-refractivity contribution < 1.29 is 4.74 Å². The summed E-state index contributed by atoms with van der Waals surface area (Å²) < 4.78 is 5.69. The van der Waals surface area contributed by atoms with E-state index in [9.17, 15) is 0 Å². The molecule has 0 saturated carbocycles. The van der Waals surface area contributed by atoms with E-state index in [4.69, 9.17) is 10.6 Å². The van der Waals surface area contributed by atoms with Gasteiger partial charge in [-0.3, -0.25) is 0 Å². The van der Waals surface area contributed by atoms with Crippen molar-refractivity contribution in [3.05, 3.63) is 11.9 Å². The molecule has 2 heterocycles. The Balaban J connectivity index is 2.00. The molecule has 6 heteroatoms. The second-order valence-electron chi connectivity index (χ2n) is 5.17. The van der Waals surface area contributed by atoms with Gasteiger partial charge in [-0.25, -0.2) is 15.8 Å². The van der Waals surface area contributed by atoms with E-state index in [0.29, 0.717) is 5.82 Å². The van der Waals surface area contributed by atoms with Gasteiger partial charge in [0, 0.05) is 25.1 Å². The summed E-state index contributed by atoms with van der Waals surface area (Å²) >= 11 is 0. The number of nitrogens with zero attached hydrogens (tertiary/aromatic N) is 2. The van der Waals surface area contributed by atoms with E-state index in [0.717, 1.165) is 31.2 Å². The van der Waals surface area contributed by atoms with Crippen LogP contribution in [-0.4, -0.2) is 29.2 Å². The second-order valence-corrected chi connectivity index (χ2v) is 5.17. The summed E-state index contributed by atoms with van der Waals surface area (Å²) in [7, 11) is 0. The highest BCUT2D eigenvalue weighted by atomic mass is 16.5. The summed E-state index contributed by atoms with van der Waals surface area (Å²) in [5.74, 6) is 7.90. The van der Waals surface area contributed by atoms with E-state index in [-0.39, 0.29) is 12.0 Å². The van der Waals surface area contributed by atoms with Crippen LogP contribution >= 0.6 is 0 Å². The molecular formula is C13H23N5O. The maximum absolute atomic E-state index is 5.69. The topological polar surface area (TPSA) is 85.1 Å². The molecule has 1 atom stereocenters. The van der Waals surface area contributed by atoms with E-state index >= 15 is 0 Å². The summed E-state index contributed by atoms with van der Waals surface area (Å²) in [5, 5.41) is 3.31. The van der Waals surface area contributed by atoms with Crippen molar-refractivity contribution in [2.24, 2.45) is 5.84 Å². The molecule has 0 aliphatic carbocycles. The third-order valence-corrected chi connectivity index (χ3v) is 3.19. The molecule has 1 aliphatic heterocycles. The van der Waals surface area contributed by atoms with Crippen LogP contribution in [0.2, 0.25) is 0 Å². The molecule has 0 spiro atoms. The SMILES string of the molecule is CC(C)c1nc(NN)cc(NCC2CCCCO2)n1. The number of hydrogen-bond acceptors (Lipinski definition) is 6. The largest absolute Gasteiger partial charge is 0.376 e. The molecule has 1 saturated heterocycles. The number of anilines is 2. The lowest BCUT2D eigenvalue weighted by atomic mass is 10.1. The lowest BCUT2D eigenvalue weighted by Gasteiger charge is -2.23. The minimum absolute atomic E-state index is 0.264. The van der Waals surface area contributed by atoms with Crippen LogP contribution in [0.15, 0.2) is 6.07 Å². The van der Waals surface area contributed by atoms with Gasteiger partial charge in [-0.2, -0.15) is 0 Å². The number of nitrogen functional groups attached to an aromatic ring is 1. The average Bonchev–Trinajstić information content (AvgIpc) is 2.45. The van der Waals surface area contributed by atoms with Gasteiger partial charge in [0.05, 0.1) is 6.10 Å². The highest BCUT2D eigenvalue weighted by molar-refractivity contribution is 5.47. The predicted octanol–water partition coefficient (Wildman–Crippen LogP) is 1.87. The second kappa shape index (κ2) is 6.68. The van der Waals surface area contributed by atoms with Crippen molar-refractivity contribution in [3.8, 4) is 0 Å². The fourth-order valence-electron chi connectivity index (χ4n) is 2.08. The number of ether oxygens (including phenoxy) is 1. The molecule has 0 bridgehead atoms. The zero-order chi connectivity index (χ0) is 13.7. The van der Waals surface area contributed by atoms with Crippen molar-refractivity contribution in [2.75, 3.05) is 23.9 Å². The van der Waals surface area contributed by atoms with Crippen LogP contribution in [0.3, 0.4) is 0 Å². The highest BCUT2D eigenvalue weighted by Crippen LogP contribution is 2.18. The summed E-state index contributed by atoms with van der Waals surface area (Å²) in [5.41, 5.74) is 2.58. The summed E-state index contributed by atoms with van der Waals surface area (Å²) in [4.78, 5) is 8.82. The molecule has 4 N–H and O–H groups in total. The van der Waals surface area contributed by atoms with Gasteiger partial charge >= 0.3 is 0 Å². The van der Waals surface area contributed by atoms with Gasteiger partial charge in [-0.05, 0) is 19.3 Å². The van der Waals surface area contributed by atoms with E-state index in [1.807, 2.05) is 6.07 Å². The zero-order valence-corrected chi connectivity index (χ0v) is 11.6. The van der Waals surface area contributed by atoms with E-state index < -0.39 is 0 Å². The van der Waals surface area contributed by atoms with Crippen molar-refractivity contribution in [1.29, 1.82) is 0 Å². The lowest BCUT2D eigenvalue weighted by molar-refractivity contribution is 0.0247. The van der Waals surface area contributed by atoms with E-state index in [2.05, 4.69) is 34.6 Å². The van der Waals surface area contributed by atoms with E-state index in [1.54, 1.807) is 0 Å². The number of rotatable bonds is 5. The van der Waals surface area contributed by atoms with Gasteiger partial charge in [0.2, 0.25) is 0 Å². The number of hydrogen-bond donors (Lipinski definition) is 3. The maximum atomic E-state index is 5.69. The molecule has 0 amide bonds. The normalized spacial score (nSPS) is 19.5. The monoisotopic (exact) mass is 265 g/mol. The molecule has 0 aromatic carbocycles. The molecule has 0 radical (unpaired) electrons. The fraction of sp³-hybridized carbons (Fsp3) is 0.692. The number of nitrogens with one attached hydrogen (secondary N) is 2. The minimum Gasteiger partial charge on any atom is -0.376 e. The Morgan fingerprint density at radius 1 is 1.37 bits per heavy atom. The van der Waals surface area contributed by atoms with Crippen LogP contribution in [0.1, 0.15) is 44.9 Å². The molecule has 2 rings (SSSR count). The molecular weight excluding hydrogens is 242 g/mol. The summed E-state index contributed by atoms with van der Waals surface area (Å²) in [6, 6.07) is 1.81. The first-order valence-electron chi connectivity index (χ1n) is 6.90. The number of nitrogens with two attached hydrogens (primary N) is 1. The fourth-order valence-corrected chi connectivity index (χ4v) is 2.08. The van der Waals surface area contributed by atoms with Crippen LogP contribution in [0.4, 0.5) is 11.6 Å². The molecule has 1 unspecified atom stereocenters. The van der Waals surface area contributed by atoms with E-state index in [1.165, 1.54) is 12.8 Å². The van der Waals surface area contributed by atoms with Gasteiger partial charge in [-0.15, -0.1) is 0 Å². The Morgan fingerprint density at radius 2 is 2.16 bits per heavy atom. The first kappa shape index (κ1) is 14.0. The highest BCUT2D eigenvalue weighted by Gasteiger charge is 2.14. The lowest BCUT2D eigenvalue weighted by Crippen LogP contribution is -2.27. The van der Waals surface area contributed by atoms with Gasteiger partial charge < -0.3 is 15.5 Å². The molecule has 1 aromatic rings. The Kier molecular flexibility index (Phi) is 4.93. The third-order valence-electron chi connectivity index (χ3n) is 3.19. The number of aromatic nitrogens is 2. The quantitative estimate of drug-likeness (QED) is 0.556. The standard InChI is InChI=1S/C13H23N5O/c1-9(2)13-16-11(7-12(17-13)18-14)15-8-10-5-3-4-6-19-10/h7,9-10H,3-6,8,14H2,1-2H3,(H2,15,16,17,18). The van der Waals surface area contributed by atoms with Crippen molar-refractivity contribution in [3.63, 3.8) is 0 Å².